The Morgan fingerprint density at radius 1 is 0.327 bits per heavy atom. The predicted molar refractivity (Wildman–Crippen MR) is 508 cm³/mol. The Balaban J connectivity index is -0.000000161. The first-order valence-corrected chi connectivity index (χ1v) is 45.9. The number of hydrogen-bond donors (Lipinski definition) is 29. The van der Waals surface area contributed by atoms with Gasteiger partial charge >= 0.3 is 114 Å². The number of thioether (sulfide) groups is 1. The summed E-state index contributed by atoms with van der Waals surface area (Å²) < 4.78 is 50.6. The minimum Gasteiger partial charge on any atom is -0.481 e. The SMILES string of the molecule is C.C.CC(=O)SC(CC(=O)OC(O)CO)C(=O)O.CC(C)(CCC(=O)OC(O)CO)C(=O)O.CC(CO)(CO)COC(=O)/C=C\C(=O)O.CC(CO)(CO)COC(=O)CCC(=O)O.CC(CO)(CO)COC(=O)CCCC(=O)O.O=C(O)CC(CC(=O)O)OC(O)CO.O=C(O)CCC(=O)OCCOC(O)CO.O=C(O)CCCCCC(=O)OCCCCC(O)CO.O=C(O)CCOC(=O)NCCCCCCCC(=O)OC(O)CO. The van der Waals surface area contributed by atoms with Gasteiger partial charge in [0.05, 0.1) is 142 Å². The zero-order chi connectivity index (χ0) is 116. The molecule has 1 amide bonds. The highest BCUT2D eigenvalue weighted by molar-refractivity contribution is 8.14. The molecule has 0 bridgehead atoms. The van der Waals surface area contributed by atoms with Gasteiger partial charge in [0.1, 0.15) is 58.1 Å². The molecule has 60 nitrogen and oxygen atoms in total. The van der Waals surface area contributed by atoms with Crippen LogP contribution in [0.25, 0.3) is 0 Å². The van der Waals surface area contributed by atoms with E-state index in [1.54, 1.807) is 13.8 Å². The highest BCUT2D eigenvalue weighted by Gasteiger charge is 2.31. The van der Waals surface area contributed by atoms with Crippen LogP contribution in [0.15, 0.2) is 12.2 Å². The second kappa shape index (κ2) is 102. The lowest BCUT2D eigenvalue weighted by atomic mass is 9.88. The van der Waals surface area contributed by atoms with Crippen molar-refractivity contribution in [1.82, 2.24) is 5.32 Å². The summed E-state index contributed by atoms with van der Waals surface area (Å²) >= 11 is 0.487. The summed E-state index contributed by atoms with van der Waals surface area (Å²) in [7, 11) is 0. The first kappa shape index (κ1) is 161. The number of nitrogens with one attached hydrogen (secondary N) is 1. The van der Waals surface area contributed by atoms with Crippen LogP contribution in [0.5, 0.6) is 0 Å². The van der Waals surface area contributed by atoms with E-state index in [1.165, 1.54) is 27.7 Å². The number of unbranched alkanes of at least 4 members (excludes halogenated alkanes) is 7. The van der Waals surface area contributed by atoms with Crippen molar-refractivity contribution in [3.63, 3.8) is 0 Å². The molecule has 880 valence electrons. The predicted octanol–water partition coefficient (Wildman–Crippen LogP) is -2.89. The van der Waals surface area contributed by atoms with Crippen molar-refractivity contribution in [1.29, 1.82) is 0 Å². The van der Waals surface area contributed by atoms with Gasteiger partial charge in [-0.2, -0.15) is 0 Å². The first-order chi connectivity index (χ1) is 69.0. The van der Waals surface area contributed by atoms with Crippen LogP contribution >= 0.6 is 11.8 Å². The Labute approximate surface area is 868 Å². The maximum atomic E-state index is 11.3. The molecule has 0 aliphatic heterocycles. The summed E-state index contributed by atoms with van der Waals surface area (Å²) in [5.41, 5.74) is -3.64. The Hall–Kier alpha value is -11.3. The quantitative estimate of drug-likeness (QED) is 0.00956. The molecule has 0 radical (unpaired) electrons. The normalized spacial score (nSPS) is 12.0. The van der Waals surface area contributed by atoms with Gasteiger partial charge in [0.25, 0.3) is 0 Å². The summed E-state index contributed by atoms with van der Waals surface area (Å²) in [5.74, 6) is -16.1. The minimum atomic E-state index is -1.68. The Morgan fingerprint density at radius 3 is 1.09 bits per heavy atom. The molecule has 0 aliphatic carbocycles. The maximum absolute atomic E-state index is 11.3. The largest absolute Gasteiger partial charge is 0.481 e. The van der Waals surface area contributed by atoms with Gasteiger partial charge in [-0.25, -0.2) is 14.4 Å². The van der Waals surface area contributed by atoms with E-state index in [4.69, 9.17) is 157 Å². The van der Waals surface area contributed by atoms with Crippen molar-refractivity contribution < 1.29 is 291 Å². The molecule has 29 N–H and O–H groups in total. The molecule has 7 atom stereocenters. The van der Waals surface area contributed by atoms with E-state index in [2.05, 4.69) is 43.2 Å². The number of carbonyl (C=O) groups excluding carboxylic acids is 10. The van der Waals surface area contributed by atoms with Gasteiger partial charge < -0.3 is 200 Å². The van der Waals surface area contributed by atoms with Crippen molar-refractivity contribution in [2.45, 2.75) is 279 Å². The van der Waals surface area contributed by atoms with Crippen LogP contribution in [-0.2, 0) is 143 Å². The summed E-state index contributed by atoms with van der Waals surface area (Å²) in [4.78, 5) is 213. The zero-order valence-electron chi connectivity index (χ0n) is 83.1. The van der Waals surface area contributed by atoms with Crippen LogP contribution in [0.1, 0.15) is 230 Å². The molecule has 0 saturated heterocycles. The van der Waals surface area contributed by atoms with E-state index in [1.807, 2.05) is 0 Å². The number of aliphatic carboxylic acids is 10. The highest BCUT2D eigenvalue weighted by atomic mass is 32.2. The molecule has 61 heteroatoms. The second-order valence-electron chi connectivity index (χ2n) is 32.3. The maximum Gasteiger partial charge on any atom is 0.407 e. The molecule has 0 spiro atoms. The standard InChI is InChI=1S/C14H25NO8.C13H24O6.C10H18O6.2C9H16O6.C9H14O6.C8H12O7S.C8H14O7.C7H12O7.2CH4/c16-10-13(20)23-12(19)6-4-2-1-3-5-8-15-14(21)22-9-7-11(17)18;14-10-11(15)6-4-5-9-19-13(18)8-3-1-2-7-12(16)17;1-10(5-11,6-12)7-16-9(15)4-2-3-8(13)14;1-9(2,8(13)14)4-3-6(11)15-7(12)5-10;2*1-9(4-10,5-11)6-15-8(14)3-2-7(12)13;1-4(10)16-5(8(13)14)2-6(11)15-7(12)3-9;9-5-8(13)15-4-3-14-7(12)2-1-6(10)11;8-3-7(13)14-4(1-5(9)10)2-6(11)12;;/h13,16,20H,1-10H2,(H,15,21)(H,17,18);11,14-15H,1-10H2,(H,16,17);11-12H,2-7H2,1H3,(H,13,14);7,10,12H,3-5H2,1-2H3,(H,13,14);10-11H,2-6H2,1H3,(H,12,13);2-3,10-11H,4-6H2,1H3,(H,12,13);5,7,9,12H,2-3H2,1H3,(H,13,14);8-9,13H,1-5H2,(H,10,11);4,7-8,13H,1-3H2,(H,9,10)(H,11,12);2*1H4/b;;;;;3-2-;;;;;. The van der Waals surface area contributed by atoms with Crippen molar-refractivity contribution in [2.24, 2.45) is 21.7 Å². The first-order valence-electron chi connectivity index (χ1n) is 45.0. The van der Waals surface area contributed by atoms with Gasteiger partial charge in [-0.15, -0.1) is 0 Å². The number of carbonyl (C=O) groups is 20. The van der Waals surface area contributed by atoms with E-state index in [9.17, 15) is 95.9 Å². The van der Waals surface area contributed by atoms with Gasteiger partial charge in [-0.3, -0.25) is 81.5 Å². The lowest BCUT2D eigenvalue weighted by Crippen LogP contribution is -2.32. The number of ether oxygens (including phenoxy) is 11. The lowest BCUT2D eigenvalue weighted by Gasteiger charge is -2.23. The molecule has 7 unspecified atom stereocenters. The van der Waals surface area contributed by atoms with E-state index in [0.29, 0.717) is 82.4 Å². The number of esters is 8. The summed E-state index contributed by atoms with van der Waals surface area (Å²) in [6, 6.07) is 0. The minimum absolute atomic E-state index is 0. The van der Waals surface area contributed by atoms with E-state index < -0.39 is 236 Å². The average Bonchev–Trinajstić information content (AvgIpc) is 0.897. The van der Waals surface area contributed by atoms with Crippen molar-refractivity contribution in [2.75, 3.05) is 132 Å². The Morgan fingerprint density at radius 2 is 0.693 bits per heavy atom. The van der Waals surface area contributed by atoms with Gasteiger partial charge in [0, 0.05) is 80.4 Å². The molecular formula is C89H159NO59S. The van der Waals surface area contributed by atoms with E-state index >= 15 is 0 Å². The fourth-order valence-corrected chi connectivity index (χ4v) is 9.06. The molecule has 0 rings (SSSR count). The third-order valence-electron chi connectivity index (χ3n) is 17.2. The fourth-order valence-electron chi connectivity index (χ4n) is 8.34. The Kier molecular flexibility index (Phi) is 110. The third kappa shape index (κ3) is 119. The topological polar surface area (TPSA) is 1020 Å². The van der Waals surface area contributed by atoms with Crippen LogP contribution in [-0.4, -0.2) is 443 Å². The molecule has 0 aromatic heterocycles. The zero-order valence-corrected chi connectivity index (χ0v) is 83.9. The van der Waals surface area contributed by atoms with Gasteiger partial charge in [0.15, 0.2) is 17.7 Å². The molecule has 0 heterocycles. The monoisotopic (exact) mass is 2220 g/mol. The number of aliphatic hydroxyl groups excluding tert-OH is 18. The summed E-state index contributed by atoms with van der Waals surface area (Å²) in [5, 5.41) is 242. The molecule has 150 heavy (non-hydrogen) atoms. The smallest absolute Gasteiger partial charge is 0.407 e. The van der Waals surface area contributed by atoms with Crippen LogP contribution in [0.2, 0.25) is 0 Å². The van der Waals surface area contributed by atoms with Crippen molar-refractivity contribution in [3.8, 4) is 0 Å². The number of aliphatic hydroxyl groups is 18. The molecule has 0 aromatic rings. The van der Waals surface area contributed by atoms with Gasteiger partial charge in [0.2, 0.25) is 18.9 Å². The van der Waals surface area contributed by atoms with Crippen LogP contribution in [0.3, 0.4) is 0 Å². The number of rotatable bonds is 73. The third-order valence-corrected chi connectivity index (χ3v) is 18.1. The molecule has 0 aromatic carbocycles. The number of hydrogen-bond acceptors (Lipinski definition) is 50. The van der Waals surface area contributed by atoms with Gasteiger partial charge in [-0.05, 0) is 71.6 Å². The second-order valence-corrected chi connectivity index (χ2v) is 33.7. The number of carboxylic acid groups (broad SMARTS) is 10. The fraction of sp³-hybridized carbons (Fsp3) is 0.753. The molecule has 0 aliphatic rings. The summed E-state index contributed by atoms with van der Waals surface area (Å²) in [6.07, 6.45) is -2.81. The Bertz CT molecular complexity index is 3700. The van der Waals surface area contributed by atoms with E-state index in [-0.39, 0.29) is 184 Å². The van der Waals surface area contributed by atoms with E-state index in [0.717, 1.165) is 31.8 Å². The molecular weight excluding hydrogens is 2060 g/mol. The van der Waals surface area contributed by atoms with Crippen LogP contribution in [0, 0.1) is 21.7 Å². The van der Waals surface area contributed by atoms with Crippen molar-refractivity contribution in [3.05, 3.63) is 12.2 Å². The molecule has 0 saturated carbocycles. The lowest BCUT2D eigenvalue weighted by molar-refractivity contribution is -0.175. The number of alkyl carbamates (subject to hydrolysis) is 1. The van der Waals surface area contributed by atoms with Gasteiger partial charge in [-0.1, -0.05) is 73.1 Å². The molecule has 0 fully saturated rings. The van der Waals surface area contributed by atoms with Crippen LogP contribution < -0.4 is 5.32 Å². The number of amides is 1. The number of carboxylic acids is 10. The average molecular weight is 2220 g/mol. The van der Waals surface area contributed by atoms with Crippen LogP contribution in [0.4, 0.5) is 4.79 Å². The van der Waals surface area contributed by atoms with Crippen molar-refractivity contribution >= 4 is 130 Å². The summed E-state index contributed by atoms with van der Waals surface area (Å²) in [6.45, 7) is 3.50. The highest BCUT2D eigenvalue weighted by Crippen LogP contribution is 2.24.